The second kappa shape index (κ2) is 55.2. The van der Waals surface area contributed by atoms with Crippen molar-refractivity contribution in [3.63, 3.8) is 0 Å². The molecule has 0 amide bonds. The summed E-state index contributed by atoms with van der Waals surface area (Å²) in [6, 6.07) is 0. The summed E-state index contributed by atoms with van der Waals surface area (Å²) < 4.78 is 22.9. The fourth-order valence-electron chi connectivity index (χ4n) is 8.52. The molecule has 2 atom stereocenters. The van der Waals surface area contributed by atoms with Crippen molar-refractivity contribution in [1.82, 2.24) is 0 Å². The normalized spacial score (nSPS) is 13.2. The van der Waals surface area contributed by atoms with Gasteiger partial charge in [-0.05, 0) is 83.5 Å². The number of carboxylic acids is 1. The molecule has 0 aliphatic rings. The summed E-state index contributed by atoms with van der Waals surface area (Å²) in [5.41, 5.74) is 0. The van der Waals surface area contributed by atoms with Crippen molar-refractivity contribution in [2.75, 3.05) is 47.5 Å². The Morgan fingerprint density at radius 1 is 0.411 bits per heavy atom. The molecule has 2 unspecified atom stereocenters. The number of rotatable bonds is 56. The van der Waals surface area contributed by atoms with Crippen molar-refractivity contribution >= 4 is 17.9 Å². The van der Waals surface area contributed by atoms with Gasteiger partial charge in [-0.3, -0.25) is 9.59 Å². The summed E-state index contributed by atoms with van der Waals surface area (Å²) in [5, 5.41) is 9.70. The molecule has 0 aromatic rings. The minimum absolute atomic E-state index is 0.185. The maximum absolute atomic E-state index is 12.9. The topological polar surface area (TPSA) is 108 Å². The van der Waals surface area contributed by atoms with Gasteiger partial charge in [0.1, 0.15) is 13.2 Å². The van der Waals surface area contributed by atoms with Crippen LogP contribution >= 0.6 is 0 Å². The van der Waals surface area contributed by atoms with Gasteiger partial charge < -0.3 is 28.5 Å². The smallest absolute Gasteiger partial charge is 0.361 e. The number of aliphatic carboxylic acids is 1. The van der Waals surface area contributed by atoms with E-state index in [1.165, 1.54) is 167 Å². The van der Waals surface area contributed by atoms with Crippen LogP contribution in [0.25, 0.3) is 0 Å². The van der Waals surface area contributed by atoms with Gasteiger partial charge in [0.2, 0.25) is 0 Å². The minimum atomic E-state index is -1.51. The van der Waals surface area contributed by atoms with Crippen LogP contribution in [0.1, 0.15) is 271 Å². The molecular weight excluding hydrogens is 911 g/mol. The molecule has 0 bridgehead atoms. The molecule has 0 aliphatic heterocycles. The average Bonchev–Trinajstić information content (AvgIpc) is 3.36. The second-order valence-corrected chi connectivity index (χ2v) is 21.7. The number of likely N-dealkylation sites (N-methyl/N-ethyl adjacent to an activating group) is 1. The van der Waals surface area contributed by atoms with E-state index in [4.69, 9.17) is 18.9 Å². The summed E-state index contributed by atoms with van der Waals surface area (Å²) in [6.45, 7) is 4.84. The van der Waals surface area contributed by atoms with E-state index in [0.29, 0.717) is 11.0 Å². The Kier molecular flexibility index (Phi) is 53.0. The number of unbranched alkanes of at least 4 members (excludes halogenated alkanes) is 31. The van der Waals surface area contributed by atoms with Crippen molar-refractivity contribution in [3.05, 3.63) is 60.8 Å². The summed E-state index contributed by atoms with van der Waals surface area (Å²) in [4.78, 5) is 37.4. The molecule has 0 rings (SSSR count). The first-order chi connectivity index (χ1) is 35.6. The van der Waals surface area contributed by atoms with Crippen LogP contribution in [0.5, 0.6) is 0 Å². The first-order valence-electron chi connectivity index (χ1n) is 30.5. The highest BCUT2D eigenvalue weighted by Crippen LogP contribution is 2.16. The molecule has 0 aromatic carbocycles. The van der Waals surface area contributed by atoms with Crippen LogP contribution in [-0.4, -0.2) is 87.4 Å². The van der Waals surface area contributed by atoms with E-state index >= 15 is 0 Å². The predicted molar refractivity (Wildman–Crippen MR) is 309 cm³/mol. The molecule has 0 aliphatic carbocycles. The summed E-state index contributed by atoms with van der Waals surface area (Å²) >= 11 is 0. The molecule has 0 fully saturated rings. The highest BCUT2D eigenvalue weighted by Gasteiger charge is 2.25. The fraction of sp³-hybridized carbons (Fsp3) is 0.797. The Bertz CT molecular complexity index is 1380. The lowest BCUT2D eigenvalue weighted by molar-refractivity contribution is -0.870. The first-order valence-corrected chi connectivity index (χ1v) is 30.5. The van der Waals surface area contributed by atoms with E-state index in [2.05, 4.69) is 74.6 Å². The number of ether oxygens (including phenoxy) is 4. The van der Waals surface area contributed by atoms with Crippen LogP contribution in [0.3, 0.4) is 0 Å². The number of hydrogen-bond donors (Lipinski definition) is 1. The number of quaternary nitrogens is 1. The van der Waals surface area contributed by atoms with Gasteiger partial charge in [0.25, 0.3) is 6.29 Å². The van der Waals surface area contributed by atoms with Crippen molar-refractivity contribution < 1.29 is 42.9 Å². The van der Waals surface area contributed by atoms with Crippen LogP contribution in [0.4, 0.5) is 0 Å². The highest BCUT2D eigenvalue weighted by molar-refractivity contribution is 5.71. The van der Waals surface area contributed by atoms with Gasteiger partial charge in [-0.2, -0.15) is 0 Å². The van der Waals surface area contributed by atoms with Crippen LogP contribution in [0, 0.1) is 0 Å². The molecule has 0 saturated heterocycles. The van der Waals surface area contributed by atoms with E-state index < -0.39 is 24.3 Å². The van der Waals surface area contributed by atoms with E-state index in [-0.39, 0.29) is 38.6 Å². The largest absolute Gasteiger partial charge is 0.477 e. The Balaban J connectivity index is 4.10. The second-order valence-electron chi connectivity index (χ2n) is 21.7. The Hall–Kier alpha value is -3.01. The fourth-order valence-corrected chi connectivity index (χ4v) is 8.52. The third-order valence-corrected chi connectivity index (χ3v) is 13.2. The Labute approximate surface area is 450 Å². The van der Waals surface area contributed by atoms with Gasteiger partial charge in [-0.25, -0.2) is 4.79 Å². The highest BCUT2D eigenvalue weighted by atomic mass is 16.7. The Morgan fingerprint density at radius 2 is 0.740 bits per heavy atom. The number of hydrogen-bond acceptors (Lipinski definition) is 7. The molecule has 0 heterocycles. The summed E-state index contributed by atoms with van der Waals surface area (Å²) in [6.07, 6.45) is 67.4. The molecule has 424 valence electrons. The van der Waals surface area contributed by atoms with Crippen molar-refractivity contribution in [3.8, 4) is 0 Å². The average molecular weight is 1030 g/mol. The quantitative estimate of drug-likeness (QED) is 0.0211. The van der Waals surface area contributed by atoms with Gasteiger partial charge in [-0.1, -0.05) is 235 Å². The monoisotopic (exact) mass is 1030 g/mol. The molecule has 0 spiro atoms. The standard InChI is InChI=1S/C64H115NO8/c1-6-8-10-12-14-16-18-20-22-23-24-25-26-27-28-29-30-31-32-33-34-35-36-37-38-39-41-43-45-47-49-51-53-55-62(67)73-60(59-72-64(63(68)69)70-57-56-65(3,4)5)58-71-61(66)54-52-50-48-46-44-42-40-21-19-17-15-13-11-9-7-2/h15,17-18,20-21,23-24,26-27,40,60,64H,6-14,16,19,22,25,28-39,41-59H2,1-5H3/p+1/b17-15-,20-18-,24-23-,27-26-,40-21-. The zero-order valence-corrected chi connectivity index (χ0v) is 48.3. The SMILES string of the molecule is CCCCC/C=C\C/C=C\CCCCCCCC(=O)OCC(COC(OCC[N+](C)(C)C)C(=O)O)OC(=O)CCCCCCCCCCCCCCCCCCCC/C=C\C/C=C\C/C=C\CCCCCCC. The van der Waals surface area contributed by atoms with Gasteiger partial charge >= 0.3 is 17.9 Å². The van der Waals surface area contributed by atoms with Gasteiger partial charge in [0.05, 0.1) is 34.4 Å². The predicted octanol–water partition coefficient (Wildman–Crippen LogP) is 18.0. The molecule has 1 N–H and O–H groups in total. The molecular formula is C64H116NO8+. The van der Waals surface area contributed by atoms with Gasteiger partial charge in [0.15, 0.2) is 6.10 Å². The molecule has 9 nitrogen and oxygen atoms in total. The lowest BCUT2D eigenvalue weighted by Gasteiger charge is -2.25. The number of esters is 2. The lowest BCUT2D eigenvalue weighted by Crippen LogP contribution is -2.40. The zero-order valence-electron chi connectivity index (χ0n) is 48.3. The van der Waals surface area contributed by atoms with E-state index in [9.17, 15) is 19.5 Å². The third-order valence-electron chi connectivity index (χ3n) is 13.2. The van der Waals surface area contributed by atoms with Crippen LogP contribution < -0.4 is 0 Å². The maximum Gasteiger partial charge on any atom is 0.361 e. The minimum Gasteiger partial charge on any atom is -0.477 e. The number of nitrogens with zero attached hydrogens (tertiary/aromatic N) is 1. The van der Waals surface area contributed by atoms with Gasteiger partial charge in [-0.15, -0.1) is 0 Å². The number of carbonyl (C=O) groups is 3. The molecule has 9 heteroatoms. The van der Waals surface area contributed by atoms with Crippen LogP contribution in [0.15, 0.2) is 60.8 Å². The number of allylic oxidation sites excluding steroid dienone is 10. The number of carbonyl (C=O) groups excluding carboxylic acids is 2. The van der Waals surface area contributed by atoms with Crippen molar-refractivity contribution in [1.29, 1.82) is 0 Å². The van der Waals surface area contributed by atoms with Crippen LogP contribution in [0.2, 0.25) is 0 Å². The van der Waals surface area contributed by atoms with Gasteiger partial charge in [0, 0.05) is 12.8 Å². The third kappa shape index (κ3) is 56.6. The van der Waals surface area contributed by atoms with E-state index in [1.54, 1.807) is 0 Å². The number of carboxylic acid groups (broad SMARTS) is 1. The van der Waals surface area contributed by atoms with Crippen molar-refractivity contribution in [2.45, 2.75) is 283 Å². The Morgan fingerprint density at radius 3 is 1.12 bits per heavy atom. The molecule has 0 radical (unpaired) electrons. The van der Waals surface area contributed by atoms with E-state index in [1.807, 2.05) is 21.1 Å². The molecule has 73 heavy (non-hydrogen) atoms. The maximum atomic E-state index is 12.9. The summed E-state index contributed by atoms with van der Waals surface area (Å²) in [5.74, 6) is -2.02. The van der Waals surface area contributed by atoms with Crippen molar-refractivity contribution in [2.24, 2.45) is 0 Å². The molecule has 0 saturated carbocycles. The first kappa shape index (κ1) is 70.0. The lowest BCUT2D eigenvalue weighted by atomic mass is 10.0. The van der Waals surface area contributed by atoms with Crippen LogP contribution in [-0.2, 0) is 33.3 Å². The van der Waals surface area contributed by atoms with E-state index in [0.717, 1.165) is 77.0 Å². The summed E-state index contributed by atoms with van der Waals surface area (Å²) in [7, 11) is 5.97. The zero-order chi connectivity index (χ0) is 53.4. The molecule has 0 aromatic heterocycles.